The topological polar surface area (TPSA) is 72.4 Å². The minimum Gasteiger partial charge on any atom is -0.364 e. The fourth-order valence-electron chi connectivity index (χ4n) is 2.94. The van der Waals surface area contributed by atoms with Crippen LogP contribution < -0.4 is 4.90 Å². The molecule has 0 spiro atoms. The number of sulfone groups is 1. The van der Waals surface area contributed by atoms with Crippen molar-refractivity contribution in [2.45, 2.75) is 14.8 Å². The van der Waals surface area contributed by atoms with Crippen LogP contribution in [0.1, 0.15) is 5.56 Å². The van der Waals surface area contributed by atoms with Crippen LogP contribution in [0, 0.1) is 0 Å². The lowest BCUT2D eigenvalue weighted by molar-refractivity contribution is 0.205. The molecule has 28 heavy (non-hydrogen) atoms. The van der Waals surface area contributed by atoms with E-state index in [0.29, 0.717) is 11.4 Å². The van der Waals surface area contributed by atoms with Crippen LogP contribution in [0.2, 0.25) is 0 Å². The number of nitrogens with zero attached hydrogens (tertiary/aromatic N) is 3. The van der Waals surface area contributed by atoms with Gasteiger partial charge in [0.2, 0.25) is 9.84 Å². The number of methoxy groups -OCH3 is 1. The van der Waals surface area contributed by atoms with Crippen molar-refractivity contribution in [1.82, 2.24) is 9.97 Å². The first-order valence-corrected chi connectivity index (χ1v) is 10.7. The molecule has 0 unspecified atom stereocenters. The maximum atomic E-state index is 12.9. The van der Waals surface area contributed by atoms with Crippen LogP contribution in [-0.4, -0.2) is 32.2 Å². The van der Waals surface area contributed by atoms with Crippen molar-refractivity contribution in [2.75, 3.05) is 18.7 Å². The van der Waals surface area contributed by atoms with E-state index in [0.717, 1.165) is 15.6 Å². The number of fused-ring (bicyclic) bond motifs is 2. The first-order valence-electron chi connectivity index (χ1n) is 8.41. The van der Waals surface area contributed by atoms with Gasteiger partial charge >= 0.3 is 0 Å². The molecule has 0 radical (unpaired) electrons. The first kappa shape index (κ1) is 18.7. The lowest BCUT2D eigenvalue weighted by Gasteiger charge is -2.30. The highest BCUT2D eigenvalue weighted by Gasteiger charge is 2.27. The van der Waals surface area contributed by atoms with Crippen LogP contribution in [-0.2, 0) is 14.6 Å². The number of hydrogen-bond donors (Lipinski definition) is 0. The Morgan fingerprint density at radius 1 is 1.14 bits per heavy atom. The van der Waals surface area contributed by atoms with Gasteiger partial charge in [-0.25, -0.2) is 18.4 Å². The summed E-state index contributed by atoms with van der Waals surface area (Å²) in [7, 11) is -2.09. The zero-order valence-corrected chi connectivity index (χ0v) is 16.7. The molecule has 0 fully saturated rings. The van der Waals surface area contributed by atoms with E-state index in [2.05, 4.69) is 16.5 Å². The largest absolute Gasteiger partial charge is 0.364 e. The molecule has 0 aliphatic carbocycles. The van der Waals surface area contributed by atoms with Crippen LogP contribution in [0.4, 0.5) is 11.5 Å². The molecule has 1 aromatic heterocycles. The van der Waals surface area contributed by atoms with Crippen molar-refractivity contribution >= 4 is 38.0 Å². The van der Waals surface area contributed by atoms with Crippen LogP contribution >= 0.6 is 11.8 Å². The minimum absolute atomic E-state index is 0.0498. The molecule has 1 aliphatic heterocycles. The predicted molar refractivity (Wildman–Crippen MR) is 109 cm³/mol. The number of benzene rings is 2. The average Bonchev–Trinajstić information content (AvgIpc) is 2.73. The highest BCUT2D eigenvalue weighted by atomic mass is 32.2. The summed E-state index contributed by atoms with van der Waals surface area (Å²) in [4.78, 5) is 11.9. The van der Waals surface area contributed by atoms with Gasteiger partial charge in [0.1, 0.15) is 11.8 Å². The Morgan fingerprint density at radius 2 is 1.89 bits per heavy atom. The molecule has 1 aliphatic rings. The number of aromatic nitrogens is 2. The maximum absolute atomic E-state index is 12.9. The molecule has 0 atom stereocenters. The van der Waals surface area contributed by atoms with E-state index >= 15 is 0 Å². The summed E-state index contributed by atoms with van der Waals surface area (Å²) >= 11 is 1.49. The van der Waals surface area contributed by atoms with E-state index in [4.69, 9.17) is 4.74 Å². The van der Waals surface area contributed by atoms with Crippen molar-refractivity contribution in [3.63, 3.8) is 0 Å². The fraction of sp³-hybridized carbons (Fsp3) is 0.100. The molecule has 0 saturated carbocycles. The first-order chi connectivity index (χ1) is 13.5. The van der Waals surface area contributed by atoms with Gasteiger partial charge in [-0.3, -0.25) is 4.90 Å². The van der Waals surface area contributed by atoms with Crippen molar-refractivity contribution in [3.05, 3.63) is 73.1 Å². The van der Waals surface area contributed by atoms with Crippen molar-refractivity contribution < 1.29 is 13.2 Å². The summed E-state index contributed by atoms with van der Waals surface area (Å²) in [5, 5.41) is 0.774. The third-order valence-corrected chi connectivity index (χ3v) is 7.14. The Bertz CT molecular complexity index is 1150. The normalized spacial score (nSPS) is 13.0. The zero-order valence-electron chi connectivity index (χ0n) is 15.1. The van der Waals surface area contributed by atoms with Gasteiger partial charge in [0, 0.05) is 24.4 Å². The molecule has 142 valence electrons. The summed E-state index contributed by atoms with van der Waals surface area (Å²) in [6.07, 6.45) is 3.26. The molecule has 2 aromatic carbocycles. The summed E-state index contributed by atoms with van der Waals surface area (Å²) in [6, 6.07) is 13.7. The van der Waals surface area contributed by atoms with Gasteiger partial charge < -0.3 is 4.74 Å². The minimum atomic E-state index is -3.69. The molecule has 2 heterocycles. The maximum Gasteiger partial charge on any atom is 0.206 e. The zero-order chi connectivity index (χ0) is 19.7. The van der Waals surface area contributed by atoms with Crippen molar-refractivity contribution in [2.24, 2.45) is 0 Å². The average molecular weight is 412 g/mol. The van der Waals surface area contributed by atoms with Gasteiger partial charge in [-0.05, 0) is 29.8 Å². The van der Waals surface area contributed by atoms with Gasteiger partial charge in [0.25, 0.3) is 0 Å². The van der Waals surface area contributed by atoms with Gasteiger partial charge in [0.05, 0.1) is 15.5 Å². The highest BCUT2D eigenvalue weighted by molar-refractivity contribution is 8.00. The van der Waals surface area contributed by atoms with Crippen LogP contribution in [0.15, 0.2) is 82.3 Å². The molecule has 0 amide bonds. The molecule has 8 heteroatoms. The van der Waals surface area contributed by atoms with E-state index in [1.807, 2.05) is 17.0 Å². The number of ether oxygens (including phenoxy) is 1. The standard InChI is InChI=1S/C20H17N3O3S2/c1-14(28(24,25)16-6-4-3-5-7-16)15-8-9-18-17(12-15)23(13-26-2)19-20(27-18)22-11-10-21-19/h3-12H,1,13H2,2H3. The number of rotatable bonds is 5. The Morgan fingerprint density at radius 3 is 2.64 bits per heavy atom. The van der Waals surface area contributed by atoms with E-state index < -0.39 is 9.84 Å². The second kappa shape index (κ2) is 7.38. The lowest BCUT2D eigenvalue weighted by atomic mass is 10.2. The molecule has 6 nitrogen and oxygen atoms in total. The fourth-order valence-corrected chi connectivity index (χ4v) is 5.16. The highest BCUT2D eigenvalue weighted by Crippen LogP contribution is 2.47. The van der Waals surface area contributed by atoms with Crippen molar-refractivity contribution in [1.29, 1.82) is 0 Å². The molecule has 0 bridgehead atoms. The summed E-state index contributed by atoms with van der Waals surface area (Å²) in [5.74, 6) is 0.676. The van der Waals surface area contributed by atoms with Crippen molar-refractivity contribution in [3.8, 4) is 0 Å². The Kier molecular flexibility index (Phi) is 4.92. The number of hydrogen-bond acceptors (Lipinski definition) is 7. The SMILES string of the molecule is C=C(c1ccc2c(c1)N(COC)c1nccnc1S2)S(=O)(=O)c1ccccc1. The molecule has 3 aromatic rings. The number of anilines is 2. The van der Waals surface area contributed by atoms with E-state index in [1.54, 1.807) is 55.9 Å². The van der Waals surface area contributed by atoms with Gasteiger partial charge in [-0.1, -0.05) is 42.6 Å². The Hall–Kier alpha value is -2.68. The van der Waals surface area contributed by atoms with E-state index in [-0.39, 0.29) is 16.5 Å². The monoisotopic (exact) mass is 411 g/mol. The Labute approximate surface area is 167 Å². The Balaban J connectivity index is 1.77. The van der Waals surface area contributed by atoms with Gasteiger partial charge in [-0.15, -0.1) is 0 Å². The lowest BCUT2D eigenvalue weighted by Crippen LogP contribution is -2.24. The summed E-state index contributed by atoms with van der Waals surface area (Å²) in [6.45, 7) is 4.13. The predicted octanol–water partition coefficient (Wildman–Crippen LogP) is 4.13. The van der Waals surface area contributed by atoms with Crippen LogP contribution in [0.25, 0.3) is 4.91 Å². The molecular weight excluding hydrogens is 394 g/mol. The summed E-state index contributed by atoms with van der Waals surface area (Å²) < 4.78 is 31.2. The molecule has 0 N–H and O–H groups in total. The molecule has 4 rings (SSSR count). The third-order valence-electron chi connectivity index (χ3n) is 4.32. The van der Waals surface area contributed by atoms with Crippen LogP contribution in [0.3, 0.4) is 0 Å². The third kappa shape index (κ3) is 3.19. The van der Waals surface area contributed by atoms with Crippen LogP contribution in [0.5, 0.6) is 0 Å². The second-order valence-corrected chi connectivity index (χ2v) is 9.06. The van der Waals surface area contributed by atoms with Gasteiger partial charge in [0.15, 0.2) is 5.82 Å². The molecule has 0 saturated heterocycles. The molecular formula is C20H17N3O3S2. The van der Waals surface area contributed by atoms with E-state index in [1.165, 1.54) is 11.8 Å². The summed E-state index contributed by atoms with van der Waals surface area (Å²) in [5.41, 5.74) is 1.33. The van der Waals surface area contributed by atoms with E-state index in [9.17, 15) is 8.42 Å². The quantitative estimate of drug-likeness (QED) is 0.625. The smallest absolute Gasteiger partial charge is 0.206 e. The second-order valence-electron chi connectivity index (χ2n) is 6.06. The van der Waals surface area contributed by atoms with Gasteiger partial charge in [-0.2, -0.15) is 0 Å².